The number of benzene rings is 1. The Morgan fingerprint density at radius 2 is 2.19 bits per heavy atom. The van der Waals surface area contributed by atoms with Crippen LogP contribution in [0.2, 0.25) is 5.02 Å². The number of thioether (sulfide) groups is 1. The number of amides is 1. The Kier molecular flexibility index (Phi) is 4.37. The van der Waals surface area contributed by atoms with Gasteiger partial charge in [-0.15, -0.1) is 0 Å². The van der Waals surface area contributed by atoms with Crippen molar-refractivity contribution in [1.82, 2.24) is 9.88 Å². The summed E-state index contributed by atoms with van der Waals surface area (Å²) in [7, 11) is 0. The fourth-order valence-corrected chi connectivity index (χ4v) is 3.17. The molecule has 21 heavy (non-hydrogen) atoms. The van der Waals surface area contributed by atoms with Crippen LogP contribution in [0.1, 0.15) is 6.92 Å². The minimum absolute atomic E-state index is 0.0867. The van der Waals surface area contributed by atoms with Crippen LogP contribution >= 0.6 is 23.4 Å². The molecule has 0 saturated carbocycles. The summed E-state index contributed by atoms with van der Waals surface area (Å²) in [6, 6.07) is 5.30. The summed E-state index contributed by atoms with van der Waals surface area (Å²) in [6.45, 7) is 4.36. The summed E-state index contributed by atoms with van der Waals surface area (Å²) in [5, 5.41) is 0.848. The van der Waals surface area contributed by atoms with E-state index in [1.807, 2.05) is 11.8 Å². The number of hydrogen-bond acceptors (Lipinski definition) is 5. The van der Waals surface area contributed by atoms with Gasteiger partial charge in [0.15, 0.2) is 5.58 Å². The molecule has 0 N–H and O–H groups in total. The van der Waals surface area contributed by atoms with Crippen molar-refractivity contribution in [3.05, 3.63) is 23.2 Å². The Balaban J connectivity index is 1.70. The highest BCUT2D eigenvalue weighted by molar-refractivity contribution is 8.00. The van der Waals surface area contributed by atoms with E-state index < -0.39 is 0 Å². The van der Waals surface area contributed by atoms with E-state index in [0.717, 1.165) is 5.52 Å². The first-order valence-electron chi connectivity index (χ1n) is 6.73. The molecule has 1 atom stereocenters. The van der Waals surface area contributed by atoms with E-state index in [0.29, 0.717) is 42.1 Å². The van der Waals surface area contributed by atoms with E-state index in [1.165, 1.54) is 11.8 Å². The van der Waals surface area contributed by atoms with E-state index in [1.54, 1.807) is 18.2 Å². The largest absolute Gasteiger partial charge is 0.431 e. The monoisotopic (exact) mass is 326 g/mol. The lowest BCUT2D eigenvalue weighted by molar-refractivity contribution is -0.134. The minimum atomic E-state index is -0.244. The molecule has 0 spiro atoms. The summed E-state index contributed by atoms with van der Waals surface area (Å²) in [5.74, 6) is 0.0867. The van der Waals surface area contributed by atoms with Crippen molar-refractivity contribution in [3.63, 3.8) is 0 Å². The van der Waals surface area contributed by atoms with Crippen molar-refractivity contribution in [2.75, 3.05) is 26.3 Å². The van der Waals surface area contributed by atoms with Crippen LogP contribution in [0.25, 0.3) is 11.1 Å². The van der Waals surface area contributed by atoms with Gasteiger partial charge in [-0.25, -0.2) is 4.98 Å². The molecule has 1 aliphatic heterocycles. The van der Waals surface area contributed by atoms with E-state index in [-0.39, 0.29) is 11.2 Å². The van der Waals surface area contributed by atoms with Gasteiger partial charge in [-0.3, -0.25) is 4.79 Å². The molecule has 1 saturated heterocycles. The molecule has 1 unspecified atom stereocenters. The van der Waals surface area contributed by atoms with Gasteiger partial charge < -0.3 is 14.1 Å². The molecule has 2 aromatic rings. The lowest BCUT2D eigenvalue weighted by Gasteiger charge is -2.28. The first-order valence-corrected chi connectivity index (χ1v) is 7.98. The number of carbonyl (C=O) groups excluding carboxylic acids is 1. The summed E-state index contributed by atoms with van der Waals surface area (Å²) in [6.07, 6.45) is 0. The average Bonchev–Trinajstić information content (AvgIpc) is 2.88. The predicted molar refractivity (Wildman–Crippen MR) is 81.7 cm³/mol. The first-order chi connectivity index (χ1) is 10.1. The van der Waals surface area contributed by atoms with Crippen molar-refractivity contribution < 1.29 is 13.9 Å². The third-order valence-corrected chi connectivity index (χ3v) is 4.45. The molecular weight excluding hydrogens is 312 g/mol. The second-order valence-corrected chi connectivity index (χ2v) is 6.52. The summed E-state index contributed by atoms with van der Waals surface area (Å²) < 4.78 is 10.9. The van der Waals surface area contributed by atoms with Crippen LogP contribution in [0, 0.1) is 0 Å². The zero-order valence-electron chi connectivity index (χ0n) is 11.5. The number of ether oxygens (including phenoxy) is 1. The second-order valence-electron chi connectivity index (χ2n) is 4.79. The molecule has 0 radical (unpaired) electrons. The quantitative estimate of drug-likeness (QED) is 0.812. The number of carbonyl (C=O) groups is 1. The second kappa shape index (κ2) is 6.25. The van der Waals surface area contributed by atoms with Gasteiger partial charge in [-0.05, 0) is 19.1 Å². The van der Waals surface area contributed by atoms with Gasteiger partial charge in [-0.2, -0.15) is 0 Å². The van der Waals surface area contributed by atoms with Crippen molar-refractivity contribution in [1.29, 1.82) is 0 Å². The Labute approximate surface area is 131 Å². The average molecular weight is 327 g/mol. The number of morpholine rings is 1. The van der Waals surface area contributed by atoms with Gasteiger partial charge in [0.05, 0.1) is 18.5 Å². The van der Waals surface area contributed by atoms with Gasteiger partial charge in [0, 0.05) is 24.2 Å². The van der Waals surface area contributed by atoms with Crippen LogP contribution in [0.3, 0.4) is 0 Å². The fourth-order valence-electron chi connectivity index (χ4n) is 2.17. The lowest BCUT2D eigenvalue weighted by Crippen LogP contribution is -2.44. The molecule has 1 fully saturated rings. The zero-order chi connectivity index (χ0) is 14.8. The maximum absolute atomic E-state index is 12.3. The van der Waals surface area contributed by atoms with Crippen molar-refractivity contribution >= 4 is 40.4 Å². The number of oxazole rings is 1. The third-order valence-electron chi connectivity index (χ3n) is 3.28. The standard InChI is InChI=1S/C14H15ClN2O3S/c1-9(13(18)17-4-6-19-7-5-17)21-14-16-11-3-2-10(15)8-12(11)20-14/h2-3,8-9H,4-7H2,1H3. The van der Waals surface area contributed by atoms with Gasteiger partial charge in [0.1, 0.15) is 5.52 Å². The molecule has 1 aromatic carbocycles. The van der Waals surface area contributed by atoms with Crippen LogP contribution in [0.5, 0.6) is 0 Å². The van der Waals surface area contributed by atoms with Crippen LogP contribution in [0.4, 0.5) is 0 Å². The molecule has 112 valence electrons. The number of nitrogens with zero attached hydrogens (tertiary/aromatic N) is 2. The van der Waals surface area contributed by atoms with Gasteiger partial charge in [0.25, 0.3) is 5.22 Å². The van der Waals surface area contributed by atoms with Crippen LogP contribution in [0.15, 0.2) is 27.8 Å². The molecule has 1 aromatic heterocycles. The summed E-state index contributed by atoms with van der Waals surface area (Å²) in [5.41, 5.74) is 1.38. The maximum Gasteiger partial charge on any atom is 0.257 e. The number of aromatic nitrogens is 1. The predicted octanol–water partition coefficient (Wildman–Crippen LogP) is 2.82. The molecule has 3 rings (SSSR count). The zero-order valence-corrected chi connectivity index (χ0v) is 13.1. The third kappa shape index (κ3) is 3.33. The van der Waals surface area contributed by atoms with Gasteiger partial charge >= 0.3 is 0 Å². The van der Waals surface area contributed by atoms with E-state index in [2.05, 4.69) is 4.98 Å². The normalized spacial score (nSPS) is 17.1. The number of hydrogen-bond donors (Lipinski definition) is 0. The Morgan fingerprint density at radius 3 is 2.95 bits per heavy atom. The number of halogens is 1. The lowest BCUT2D eigenvalue weighted by atomic mass is 10.3. The number of fused-ring (bicyclic) bond motifs is 1. The maximum atomic E-state index is 12.3. The van der Waals surface area contributed by atoms with E-state index >= 15 is 0 Å². The Hall–Kier alpha value is -1.24. The van der Waals surface area contributed by atoms with Gasteiger partial charge in [0.2, 0.25) is 5.91 Å². The summed E-state index contributed by atoms with van der Waals surface area (Å²) in [4.78, 5) is 18.5. The van der Waals surface area contributed by atoms with Gasteiger partial charge in [-0.1, -0.05) is 23.4 Å². The molecule has 0 aliphatic carbocycles. The van der Waals surface area contributed by atoms with E-state index in [9.17, 15) is 4.79 Å². The highest BCUT2D eigenvalue weighted by Gasteiger charge is 2.24. The molecule has 5 nitrogen and oxygen atoms in total. The van der Waals surface area contributed by atoms with E-state index in [4.69, 9.17) is 20.8 Å². The van der Waals surface area contributed by atoms with Crippen molar-refractivity contribution in [2.24, 2.45) is 0 Å². The molecular formula is C14H15ClN2O3S. The van der Waals surface area contributed by atoms with Crippen LogP contribution in [-0.4, -0.2) is 47.3 Å². The molecule has 1 aliphatic rings. The molecule has 1 amide bonds. The first kappa shape index (κ1) is 14.7. The summed E-state index contributed by atoms with van der Waals surface area (Å²) >= 11 is 7.24. The number of rotatable bonds is 3. The minimum Gasteiger partial charge on any atom is -0.431 e. The smallest absolute Gasteiger partial charge is 0.257 e. The molecule has 0 bridgehead atoms. The topological polar surface area (TPSA) is 55.6 Å². The highest BCUT2D eigenvalue weighted by Crippen LogP contribution is 2.29. The van der Waals surface area contributed by atoms with Crippen molar-refractivity contribution in [2.45, 2.75) is 17.4 Å². The Morgan fingerprint density at radius 1 is 1.43 bits per heavy atom. The fraction of sp³-hybridized carbons (Fsp3) is 0.429. The highest BCUT2D eigenvalue weighted by atomic mass is 35.5. The van der Waals surface area contributed by atoms with Crippen LogP contribution < -0.4 is 0 Å². The Bertz CT molecular complexity index is 655. The molecule has 2 heterocycles. The SMILES string of the molecule is CC(Sc1nc2ccc(Cl)cc2o1)C(=O)N1CCOCC1. The molecule has 7 heteroatoms. The van der Waals surface area contributed by atoms with Crippen molar-refractivity contribution in [3.8, 4) is 0 Å². The van der Waals surface area contributed by atoms with Crippen LogP contribution in [-0.2, 0) is 9.53 Å².